The molecule has 0 fully saturated rings. The van der Waals surface area contributed by atoms with Gasteiger partial charge in [0.15, 0.2) is 0 Å². The van der Waals surface area contributed by atoms with Crippen LogP contribution >= 0.6 is 11.6 Å². The van der Waals surface area contributed by atoms with Gasteiger partial charge in [-0.3, -0.25) is 4.90 Å². The van der Waals surface area contributed by atoms with Crippen molar-refractivity contribution in [2.24, 2.45) is 0 Å². The molecule has 2 N–H and O–H groups in total. The monoisotopic (exact) mass is 243 g/mol. The van der Waals surface area contributed by atoms with E-state index < -0.39 is 6.09 Å². The third-order valence-corrected chi connectivity index (χ3v) is 2.77. The van der Waals surface area contributed by atoms with Gasteiger partial charge in [0.25, 0.3) is 0 Å². The van der Waals surface area contributed by atoms with Crippen molar-refractivity contribution in [1.29, 1.82) is 0 Å². The SMILES string of the molecule is CC[C@H](C)N(C(=O)O)c1ccc(Cl)c(O)c1. The normalized spacial score (nSPS) is 12.2. The number of carboxylic acid groups (broad SMARTS) is 1. The van der Waals surface area contributed by atoms with Crippen LogP contribution in [0.5, 0.6) is 5.75 Å². The van der Waals surface area contributed by atoms with E-state index >= 15 is 0 Å². The minimum Gasteiger partial charge on any atom is -0.506 e. The molecule has 0 bridgehead atoms. The summed E-state index contributed by atoms with van der Waals surface area (Å²) in [6.07, 6.45) is -0.355. The van der Waals surface area contributed by atoms with Gasteiger partial charge in [0.05, 0.1) is 10.7 Å². The topological polar surface area (TPSA) is 60.8 Å². The number of halogens is 1. The molecule has 4 nitrogen and oxygen atoms in total. The first-order valence-electron chi connectivity index (χ1n) is 4.98. The third kappa shape index (κ3) is 2.58. The van der Waals surface area contributed by atoms with Crippen molar-refractivity contribution in [3.8, 4) is 5.75 Å². The maximum Gasteiger partial charge on any atom is 0.412 e. The number of anilines is 1. The molecular weight excluding hydrogens is 230 g/mol. The van der Waals surface area contributed by atoms with Gasteiger partial charge in [-0.25, -0.2) is 4.79 Å². The Kier molecular flexibility index (Phi) is 4.01. The number of rotatable bonds is 3. The van der Waals surface area contributed by atoms with Gasteiger partial charge in [-0.05, 0) is 25.5 Å². The van der Waals surface area contributed by atoms with Crippen molar-refractivity contribution in [3.63, 3.8) is 0 Å². The Balaban J connectivity index is 3.11. The lowest BCUT2D eigenvalue weighted by Gasteiger charge is -2.25. The summed E-state index contributed by atoms with van der Waals surface area (Å²) >= 11 is 5.66. The average molecular weight is 244 g/mol. The molecule has 0 heterocycles. The lowest BCUT2D eigenvalue weighted by atomic mass is 10.2. The van der Waals surface area contributed by atoms with Crippen molar-refractivity contribution in [2.45, 2.75) is 26.3 Å². The van der Waals surface area contributed by atoms with Gasteiger partial charge in [-0.15, -0.1) is 0 Å². The number of benzene rings is 1. The van der Waals surface area contributed by atoms with Crippen LogP contribution in [0.2, 0.25) is 5.02 Å². The fourth-order valence-corrected chi connectivity index (χ4v) is 1.50. The van der Waals surface area contributed by atoms with Gasteiger partial charge >= 0.3 is 6.09 Å². The molecule has 5 heteroatoms. The van der Waals surface area contributed by atoms with Crippen LogP contribution in [0.4, 0.5) is 10.5 Å². The van der Waals surface area contributed by atoms with Crippen LogP contribution in [0, 0.1) is 0 Å². The quantitative estimate of drug-likeness (QED) is 0.856. The van der Waals surface area contributed by atoms with E-state index in [1.165, 1.54) is 17.0 Å². The van der Waals surface area contributed by atoms with Gasteiger partial charge in [-0.1, -0.05) is 18.5 Å². The van der Waals surface area contributed by atoms with Crippen LogP contribution < -0.4 is 4.90 Å². The molecule has 1 amide bonds. The number of phenolic OH excluding ortho intramolecular Hbond substituents is 1. The van der Waals surface area contributed by atoms with Gasteiger partial charge in [0, 0.05) is 12.1 Å². The Hall–Kier alpha value is -1.42. The maximum atomic E-state index is 11.1. The largest absolute Gasteiger partial charge is 0.506 e. The highest BCUT2D eigenvalue weighted by atomic mass is 35.5. The van der Waals surface area contributed by atoms with Crippen molar-refractivity contribution in [3.05, 3.63) is 23.2 Å². The molecule has 0 radical (unpaired) electrons. The summed E-state index contributed by atoms with van der Waals surface area (Å²) in [5.41, 5.74) is 0.420. The zero-order chi connectivity index (χ0) is 12.3. The van der Waals surface area contributed by atoms with Gasteiger partial charge in [0.1, 0.15) is 5.75 Å². The molecule has 1 aromatic rings. The van der Waals surface area contributed by atoms with E-state index in [2.05, 4.69) is 0 Å². The Morgan fingerprint density at radius 2 is 2.19 bits per heavy atom. The van der Waals surface area contributed by atoms with E-state index in [4.69, 9.17) is 16.7 Å². The van der Waals surface area contributed by atoms with Gasteiger partial charge in [-0.2, -0.15) is 0 Å². The zero-order valence-electron chi connectivity index (χ0n) is 9.14. The Labute approximate surface area is 99.1 Å². The predicted octanol–water partition coefficient (Wildman–Crippen LogP) is 3.33. The van der Waals surface area contributed by atoms with Crippen molar-refractivity contribution in [2.75, 3.05) is 4.90 Å². The summed E-state index contributed by atoms with van der Waals surface area (Å²) in [6.45, 7) is 3.70. The summed E-state index contributed by atoms with van der Waals surface area (Å²) in [4.78, 5) is 12.3. The molecule has 0 aromatic heterocycles. The Morgan fingerprint density at radius 3 is 2.62 bits per heavy atom. The second kappa shape index (κ2) is 5.07. The summed E-state index contributed by atoms with van der Waals surface area (Å²) in [5, 5.41) is 18.7. The standard InChI is InChI=1S/C11H14ClNO3/c1-3-7(2)13(11(15)16)8-4-5-9(12)10(14)6-8/h4-7,14H,3H2,1-2H3,(H,15,16)/t7-/m0/s1. The summed E-state index contributed by atoms with van der Waals surface area (Å²) in [7, 11) is 0. The Bertz CT molecular complexity index is 395. The van der Waals surface area contributed by atoms with E-state index in [-0.39, 0.29) is 16.8 Å². The molecule has 0 aliphatic carbocycles. The number of hydrogen-bond donors (Lipinski definition) is 2. The molecule has 0 aliphatic rings. The van der Waals surface area contributed by atoms with Crippen LogP contribution in [0.1, 0.15) is 20.3 Å². The van der Waals surface area contributed by atoms with E-state index in [1.54, 1.807) is 13.0 Å². The van der Waals surface area contributed by atoms with Gasteiger partial charge < -0.3 is 10.2 Å². The number of aromatic hydroxyl groups is 1. The molecule has 1 atom stereocenters. The second-order valence-electron chi connectivity index (χ2n) is 3.55. The molecule has 16 heavy (non-hydrogen) atoms. The average Bonchev–Trinajstić information content (AvgIpc) is 2.22. The van der Waals surface area contributed by atoms with Gasteiger partial charge in [0.2, 0.25) is 0 Å². The number of hydrogen-bond acceptors (Lipinski definition) is 2. The lowest BCUT2D eigenvalue weighted by Crippen LogP contribution is -2.37. The smallest absolute Gasteiger partial charge is 0.412 e. The summed E-state index contributed by atoms with van der Waals surface area (Å²) in [6, 6.07) is 4.24. The highest BCUT2D eigenvalue weighted by Crippen LogP contribution is 2.29. The second-order valence-corrected chi connectivity index (χ2v) is 3.95. The lowest BCUT2D eigenvalue weighted by molar-refractivity contribution is 0.199. The minimum absolute atomic E-state index is 0.117. The molecule has 0 unspecified atom stereocenters. The van der Waals surface area contributed by atoms with E-state index in [0.29, 0.717) is 12.1 Å². The minimum atomic E-state index is -1.05. The Morgan fingerprint density at radius 1 is 1.56 bits per heavy atom. The van der Waals surface area contributed by atoms with Crippen LogP contribution in [0.15, 0.2) is 18.2 Å². The fourth-order valence-electron chi connectivity index (χ4n) is 1.39. The number of phenols is 1. The van der Waals surface area contributed by atoms with Crippen LogP contribution in [0.3, 0.4) is 0 Å². The van der Waals surface area contributed by atoms with E-state index in [9.17, 15) is 9.90 Å². The van der Waals surface area contributed by atoms with Crippen LogP contribution in [-0.2, 0) is 0 Å². The first-order valence-corrected chi connectivity index (χ1v) is 5.35. The van der Waals surface area contributed by atoms with E-state index in [1.807, 2.05) is 6.92 Å². The molecule has 0 saturated carbocycles. The predicted molar refractivity (Wildman–Crippen MR) is 63.4 cm³/mol. The highest BCUT2D eigenvalue weighted by Gasteiger charge is 2.20. The maximum absolute atomic E-state index is 11.1. The number of amides is 1. The van der Waals surface area contributed by atoms with Crippen LogP contribution in [-0.4, -0.2) is 22.3 Å². The molecule has 88 valence electrons. The first-order chi connectivity index (χ1) is 7.47. The number of nitrogens with zero attached hydrogens (tertiary/aromatic N) is 1. The molecule has 0 spiro atoms. The molecule has 1 aromatic carbocycles. The summed E-state index contributed by atoms with van der Waals surface area (Å²) in [5.74, 6) is -0.117. The molecule has 0 saturated heterocycles. The fraction of sp³-hybridized carbons (Fsp3) is 0.364. The van der Waals surface area contributed by atoms with Crippen molar-refractivity contribution < 1.29 is 15.0 Å². The first kappa shape index (κ1) is 12.6. The molecular formula is C11H14ClNO3. The van der Waals surface area contributed by atoms with E-state index in [0.717, 1.165) is 0 Å². The number of carbonyl (C=O) groups is 1. The molecule has 1 rings (SSSR count). The highest BCUT2D eigenvalue weighted by molar-refractivity contribution is 6.32. The molecule has 0 aliphatic heterocycles. The summed E-state index contributed by atoms with van der Waals surface area (Å²) < 4.78 is 0. The third-order valence-electron chi connectivity index (χ3n) is 2.45. The van der Waals surface area contributed by atoms with Crippen molar-refractivity contribution in [1.82, 2.24) is 0 Å². The van der Waals surface area contributed by atoms with Crippen molar-refractivity contribution >= 4 is 23.4 Å². The zero-order valence-corrected chi connectivity index (χ0v) is 9.90. The van der Waals surface area contributed by atoms with Crippen LogP contribution in [0.25, 0.3) is 0 Å².